The van der Waals surface area contributed by atoms with Crippen LogP contribution in [0.5, 0.6) is 0 Å². The van der Waals surface area contributed by atoms with Crippen LogP contribution >= 0.6 is 0 Å². The highest BCUT2D eigenvalue weighted by atomic mass is 16.5. The maximum atomic E-state index is 12.4. The first-order valence-corrected chi connectivity index (χ1v) is 8.88. The average Bonchev–Trinajstić information content (AvgIpc) is 2.95. The van der Waals surface area contributed by atoms with E-state index in [9.17, 15) is 19.2 Å². The number of benzene rings is 2. The van der Waals surface area contributed by atoms with Gasteiger partial charge in [-0.25, -0.2) is 4.79 Å². The maximum Gasteiger partial charge on any atom is 0.338 e. The summed E-state index contributed by atoms with van der Waals surface area (Å²) in [6.45, 7) is 3.38. The monoisotopic (exact) mass is 380 g/mol. The fourth-order valence-corrected chi connectivity index (χ4v) is 2.92. The minimum Gasteiger partial charge on any atom is -0.452 e. The van der Waals surface area contributed by atoms with Crippen LogP contribution < -0.4 is 5.32 Å². The Morgan fingerprint density at radius 1 is 1.00 bits per heavy atom. The summed E-state index contributed by atoms with van der Waals surface area (Å²) in [6, 6.07) is 13.2. The number of hydrogen-bond donors (Lipinski definition) is 1. The SMILES string of the molecule is CC(C)N1C(=O)c2ccc(C(=O)OCC(=O)NCc3ccccc3)cc2C1=O. The molecule has 1 heterocycles. The lowest BCUT2D eigenvalue weighted by Gasteiger charge is -2.17. The second kappa shape index (κ2) is 8.04. The third kappa shape index (κ3) is 3.93. The minimum absolute atomic E-state index is 0.112. The lowest BCUT2D eigenvalue weighted by molar-refractivity contribution is -0.124. The van der Waals surface area contributed by atoms with E-state index in [2.05, 4.69) is 5.32 Å². The van der Waals surface area contributed by atoms with E-state index in [1.165, 1.54) is 18.2 Å². The van der Waals surface area contributed by atoms with Gasteiger partial charge in [-0.15, -0.1) is 0 Å². The fourth-order valence-electron chi connectivity index (χ4n) is 2.92. The number of imide groups is 1. The molecule has 0 radical (unpaired) electrons. The summed E-state index contributed by atoms with van der Waals surface area (Å²) in [5, 5.41) is 2.66. The summed E-state index contributed by atoms with van der Waals surface area (Å²) in [4.78, 5) is 49.9. The molecule has 0 atom stereocenters. The Kier molecular flexibility index (Phi) is 5.54. The van der Waals surface area contributed by atoms with Crippen molar-refractivity contribution in [3.05, 3.63) is 70.8 Å². The van der Waals surface area contributed by atoms with E-state index in [4.69, 9.17) is 4.74 Å². The molecule has 0 aromatic heterocycles. The van der Waals surface area contributed by atoms with Crippen molar-refractivity contribution in [3.63, 3.8) is 0 Å². The third-order valence-electron chi connectivity index (χ3n) is 4.34. The second-order valence-electron chi connectivity index (χ2n) is 6.67. The largest absolute Gasteiger partial charge is 0.452 e. The lowest BCUT2D eigenvalue weighted by atomic mass is 10.1. The molecule has 2 aromatic carbocycles. The van der Waals surface area contributed by atoms with Crippen molar-refractivity contribution in [2.45, 2.75) is 26.4 Å². The van der Waals surface area contributed by atoms with Gasteiger partial charge in [-0.05, 0) is 37.6 Å². The highest BCUT2D eigenvalue weighted by molar-refractivity contribution is 6.22. The number of ether oxygens (including phenoxy) is 1. The summed E-state index contributed by atoms with van der Waals surface area (Å²) in [7, 11) is 0. The van der Waals surface area contributed by atoms with E-state index >= 15 is 0 Å². The zero-order chi connectivity index (χ0) is 20.3. The van der Waals surface area contributed by atoms with Gasteiger partial charge in [0.15, 0.2) is 6.61 Å². The van der Waals surface area contributed by atoms with E-state index in [0.29, 0.717) is 6.54 Å². The summed E-state index contributed by atoms with van der Waals surface area (Å²) in [6.07, 6.45) is 0. The maximum absolute atomic E-state index is 12.4. The van der Waals surface area contributed by atoms with Crippen molar-refractivity contribution < 1.29 is 23.9 Å². The molecule has 1 aliphatic heterocycles. The molecule has 7 nitrogen and oxygen atoms in total. The van der Waals surface area contributed by atoms with E-state index in [0.717, 1.165) is 10.5 Å². The molecular formula is C21H20N2O5. The fraction of sp³-hybridized carbons (Fsp3) is 0.238. The predicted octanol–water partition coefficient (Wildman–Crippen LogP) is 2.16. The Bertz CT molecular complexity index is 937. The highest BCUT2D eigenvalue weighted by Gasteiger charge is 2.37. The Hall–Kier alpha value is -3.48. The van der Waals surface area contributed by atoms with Crippen LogP contribution in [0, 0.1) is 0 Å². The smallest absolute Gasteiger partial charge is 0.338 e. The van der Waals surface area contributed by atoms with Crippen molar-refractivity contribution in [2.75, 3.05) is 6.61 Å². The van der Waals surface area contributed by atoms with Gasteiger partial charge in [-0.1, -0.05) is 30.3 Å². The zero-order valence-corrected chi connectivity index (χ0v) is 15.6. The quantitative estimate of drug-likeness (QED) is 0.612. The molecule has 3 rings (SSSR count). The lowest BCUT2D eigenvalue weighted by Crippen LogP contribution is -2.35. The topological polar surface area (TPSA) is 92.8 Å². The molecule has 0 aliphatic carbocycles. The van der Waals surface area contributed by atoms with E-state index in [-0.39, 0.29) is 28.6 Å². The number of nitrogens with one attached hydrogen (secondary N) is 1. The summed E-state index contributed by atoms with van der Waals surface area (Å²) in [5.41, 5.74) is 1.47. The summed E-state index contributed by atoms with van der Waals surface area (Å²) >= 11 is 0. The van der Waals surface area contributed by atoms with Gasteiger partial charge in [-0.3, -0.25) is 19.3 Å². The van der Waals surface area contributed by atoms with E-state index in [1.54, 1.807) is 13.8 Å². The van der Waals surface area contributed by atoms with E-state index in [1.807, 2.05) is 30.3 Å². The number of esters is 1. The first-order chi connectivity index (χ1) is 13.4. The minimum atomic E-state index is -0.735. The average molecular weight is 380 g/mol. The van der Waals surface area contributed by atoms with Crippen LogP contribution in [0.15, 0.2) is 48.5 Å². The molecule has 0 spiro atoms. The molecule has 0 saturated heterocycles. The van der Waals surface area contributed by atoms with Gasteiger partial charge in [0.25, 0.3) is 17.7 Å². The molecule has 28 heavy (non-hydrogen) atoms. The van der Waals surface area contributed by atoms with Crippen LogP contribution in [0.3, 0.4) is 0 Å². The first kappa shape index (κ1) is 19.3. The zero-order valence-electron chi connectivity index (χ0n) is 15.6. The number of rotatable bonds is 6. The molecule has 0 unspecified atom stereocenters. The molecule has 1 N–H and O–H groups in total. The summed E-state index contributed by atoms with van der Waals surface area (Å²) < 4.78 is 5.01. The van der Waals surface area contributed by atoms with Gasteiger partial charge >= 0.3 is 5.97 Å². The third-order valence-corrected chi connectivity index (χ3v) is 4.34. The van der Waals surface area contributed by atoms with Gasteiger partial charge < -0.3 is 10.1 Å². The van der Waals surface area contributed by atoms with Crippen molar-refractivity contribution in [3.8, 4) is 0 Å². The van der Waals surface area contributed by atoms with Crippen molar-refractivity contribution in [1.82, 2.24) is 10.2 Å². The van der Waals surface area contributed by atoms with Crippen molar-refractivity contribution >= 4 is 23.7 Å². The first-order valence-electron chi connectivity index (χ1n) is 8.88. The van der Waals surface area contributed by atoms with Gasteiger partial charge in [0, 0.05) is 12.6 Å². The Morgan fingerprint density at radius 2 is 1.68 bits per heavy atom. The Balaban J connectivity index is 1.59. The Morgan fingerprint density at radius 3 is 2.36 bits per heavy atom. The van der Waals surface area contributed by atoms with Crippen LogP contribution in [-0.2, 0) is 16.1 Å². The normalized spacial score (nSPS) is 12.9. The molecule has 7 heteroatoms. The van der Waals surface area contributed by atoms with Gasteiger partial charge in [0.1, 0.15) is 0 Å². The Labute approximate surface area is 162 Å². The van der Waals surface area contributed by atoms with Crippen LogP contribution in [0.25, 0.3) is 0 Å². The van der Waals surface area contributed by atoms with Crippen LogP contribution in [0.2, 0.25) is 0 Å². The standard InChI is InChI=1S/C21H20N2O5/c1-13(2)23-19(25)16-9-8-15(10-17(16)20(23)26)21(27)28-12-18(24)22-11-14-6-4-3-5-7-14/h3-10,13H,11-12H2,1-2H3,(H,22,24). The molecule has 2 aromatic rings. The molecule has 0 fully saturated rings. The van der Waals surface area contributed by atoms with Crippen molar-refractivity contribution in [1.29, 1.82) is 0 Å². The number of amides is 3. The van der Waals surface area contributed by atoms with Crippen molar-refractivity contribution in [2.24, 2.45) is 0 Å². The van der Waals surface area contributed by atoms with Gasteiger partial charge in [0.05, 0.1) is 16.7 Å². The molecular weight excluding hydrogens is 360 g/mol. The molecule has 144 valence electrons. The van der Waals surface area contributed by atoms with Crippen LogP contribution in [0.4, 0.5) is 0 Å². The van der Waals surface area contributed by atoms with Crippen LogP contribution in [0.1, 0.15) is 50.5 Å². The highest BCUT2D eigenvalue weighted by Crippen LogP contribution is 2.25. The van der Waals surface area contributed by atoms with Crippen LogP contribution in [-0.4, -0.2) is 41.2 Å². The number of fused-ring (bicyclic) bond motifs is 1. The van der Waals surface area contributed by atoms with Gasteiger partial charge in [0.2, 0.25) is 0 Å². The number of hydrogen-bond acceptors (Lipinski definition) is 5. The number of nitrogens with zero attached hydrogens (tertiary/aromatic N) is 1. The predicted molar refractivity (Wildman–Crippen MR) is 101 cm³/mol. The molecule has 3 amide bonds. The van der Waals surface area contributed by atoms with E-state index < -0.39 is 24.4 Å². The molecule has 0 saturated carbocycles. The number of carbonyl (C=O) groups excluding carboxylic acids is 4. The van der Waals surface area contributed by atoms with Gasteiger partial charge in [-0.2, -0.15) is 0 Å². The molecule has 1 aliphatic rings. The number of carbonyl (C=O) groups is 4. The second-order valence-corrected chi connectivity index (χ2v) is 6.67. The molecule has 0 bridgehead atoms. The summed E-state index contributed by atoms with van der Waals surface area (Å²) in [5.74, 6) is -1.99.